The fourth-order valence-corrected chi connectivity index (χ4v) is 0.793. The second kappa shape index (κ2) is 4.10. The van der Waals surface area contributed by atoms with Crippen LogP contribution in [0.15, 0.2) is 0 Å². The van der Waals surface area contributed by atoms with Crippen LogP contribution in [0.5, 0.6) is 0 Å². The molecule has 2 nitrogen and oxygen atoms in total. The van der Waals surface area contributed by atoms with E-state index in [-0.39, 0.29) is 0 Å². The Labute approximate surface area is 76.7 Å². The van der Waals surface area contributed by atoms with Gasteiger partial charge in [0.1, 0.15) is 6.42 Å². The van der Waals surface area contributed by atoms with Crippen LogP contribution in [0.25, 0.3) is 0 Å². The zero-order valence-corrected chi connectivity index (χ0v) is 7.24. The van der Waals surface area contributed by atoms with E-state index in [2.05, 4.69) is 0 Å². The maximum absolute atomic E-state index is 12.6. The van der Waals surface area contributed by atoms with Crippen LogP contribution in [0, 0.1) is 0 Å². The molecule has 0 aliphatic rings. The Hall–Kier alpha value is -0.880. The molecule has 1 atom stereocenters. The quantitative estimate of drug-likeness (QED) is 0.722. The summed E-state index contributed by atoms with van der Waals surface area (Å²) in [7, 11) is 0. The predicted molar refractivity (Wildman–Crippen MR) is 37.3 cm³/mol. The lowest BCUT2D eigenvalue weighted by molar-refractivity contribution is -0.242. The van der Waals surface area contributed by atoms with Gasteiger partial charge in [-0.2, -0.15) is 17.6 Å². The lowest BCUT2D eigenvalue weighted by Crippen LogP contribution is -2.48. The van der Waals surface area contributed by atoms with Gasteiger partial charge in [-0.05, 0) is 6.42 Å². The normalized spacial score (nSPS) is 15.3. The summed E-state index contributed by atoms with van der Waals surface area (Å²) in [4.78, 5) is 9.84. The Kier molecular flexibility index (Phi) is 3.84. The molecule has 0 heterocycles. The van der Waals surface area contributed by atoms with Crippen LogP contribution in [-0.2, 0) is 4.79 Å². The molecule has 14 heavy (non-hydrogen) atoms. The molecule has 7 heteroatoms. The van der Waals surface area contributed by atoms with Crippen LogP contribution in [0.4, 0.5) is 22.0 Å². The lowest BCUT2D eigenvalue weighted by atomic mass is 10.0. The maximum Gasteiger partial charge on any atom is 0.341 e. The summed E-state index contributed by atoms with van der Waals surface area (Å²) in [5, 5.41) is 7.93. The number of carbonyl (C=O) groups is 1. The fourth-order valence-electron chi connectivity index (χ4n) is 0.793. The Morgan fingerprint density at radius 2 is 1.79 bits per heavy atom. The minimum Gasteiger partial charge on any atom is -0.481 e. The van der Waals surface area contributed by atoms with Crippen molar-refractivity contribution in [2.75, 3.05) is 0 Å². The van der Waals surface area contributed by atoms with Crippen LogP contribution in [0.2, 0.25) is 0 Å². The average molecular weight is 220 g/mol. The first-order valence-corrected chi connectivity index (χ1v) is 3.76. The van der Waals surface area contributed by atoms with E-state index in [9.17, 15) is 26.7 Å². The molecule has 0 aliphatic carbocycles. The van der Waals surface area contributed by atoms with Crippen molar-refractivity contribution in [3.05, 3.63) is 0 Å². The van der Waals surface area contributed by atoms with Crippen molar-refractivity contribution in [2.24, 2.45) is 0 Å². The summed E-state index contributed by atoms with van der Waals surface area (Å²) in [5.74, 6) is -11.9. The van der Waals surface area contributed by atoms with Gasteiger partial charge >= 0.3 is 17.8 Å². The molecule has 84 valence electrons. The van der Waals surface area contributed by atoms with Crippen molar-refractivity contribution in [1.29, 1.82) is 0 Å². The molecule has 0 radical (unpaired) electrons. The minimum absolute atomic E-state index is 0.803. The summed E-state index contributed by atoms with van der Waals surface area (Å²) in [5.41, 5.74) is 0. The van der Waals surface area contributed by atoms with Gasteiger partial charge in [0.15, 0.2) is 6.17 Å². The number of aliphatic carboxylic acids is 1. The van der Waals surface area contributed by atoms with Gasteiger partial charge in [0.2, 0.25) is 0 Å². The maximum atomic E-state index is 12.6. The van der Waals surface area contributed by atoms with Gasteiger partial charge in [0.05, 0.1) is 0 Å². The molecule has 0 bridgehead atoms. The van der Waals surface area contributed by atoms with Gasteiger partial charge < -0.3 is 5.11 Å². The lowest BCUT2D eigenvalue weighted by Gasteiger charge is -2.27. The summed E-state index contributed by atoms with van der Waals surface area (Å²) >= 11 is 0. The van der Waals surface area contributed by atoms with Crippen LogP contribution in [-0.4, -0.2) is 29.1 Å². The van der Waals surface area contributed by atoms with Crippen molar-refractivity contribution < 1.29 is 31.9 Å². The van der Waals surface area contributed by atoms with Gasteiger partial charge in [-0.25, -0.2) is 4.39 Å². The SMILES string of the molecule is CCC(F)C(F)(F)C(F)(F)CC(=O)O. The highest BCUT2D eigenvalue weighted by Gasteiger charge is 2.61. The molecular formula is C7H9F5O2. The predicted octanol–water partition coefficient (Wildman–Crippen LogP) is 2.48. The van der Waals surface area contributed by atoms with Gasteiger partial charge in [-0.15, -0.1) is 0 Å². The molecule has 0 aliphatic heterocycles. The van der Waals surface area contributed by atoms with Gasteiger partial charge in [-0.1, -0.05) is 6.92 Å². The summed E-state index contributed by atoms with van der Waals surface area (Å²) < 4.78 is 62.6. The zero-order valence-electron chi connectivity index (χ0n) is 7.24. The highest BCUT2D eigenvalue weighted by Crippen LogP contribution is 2.41. The van der Waals surface area contributed by atoms with Crippen molar-refractivity contribution in [3.63, 3.8) is 0 Å². The van der Waals surface area contributed by atoms with E-state index in [0.717, 1.165) is 6.92 Å². The van der Waals surface area contributed by atoms with Gasteiger partial charge in [-0.3, -0.25) is 4.79 Å². The molecule has 1 N–H and O–H groups in total. The molecule has 0 rings (SSSR count). The number of halogens is 5. The standard InChI is InChI=1S/C7H9F5O2/c1-2-4(8)7(11,12)6(9,10)3-5(13)14/h4H,2-3H2,1H3,(H,13,14). The molecule has 0 saturated heterocycles. The molecule has 0 aromatic rings. The minimum atomic E-state index is -4.94. The van der Waals surface area contributed by atoms with Crippen molar-refractivity contribution in [2.45, 2.75) is 37.8 Å². The topological polar surface area (TPSA) is 37.3 Å². The van der Waals surface area contributed by atoms with Crippen LogP contribution >= 0.6 is 0 Å². The Morgan fingerprint density at radius 1 is 1.36 bits per heavy atom. The van der Waals surface area contributed by atoms with Crippen molar-refractivity contribution in [1.82, 2.24) is 0 Å². The number of hydrogen-bond donors (Lipinski definition) is 1. The Bertz CT molecular complexity index is 216. The third kappa shape index (κ3) is 2.55. The van der Waals surface area contributed by atoms with E-state index >= 15 is 0 Å². The molecule has 0 amide bonds. The first-order chi connectivity index (χ1) is 6.15. The number of rotatable bonds is 5. The zero-order chi connectivity index (χ0) is 11.6. The molecular weight excluding hydrogens is 211 g/mol. The van der Waals surface area contributed by atoms with Crippen molar-refractivity contribution >= 4 is 5.97 Å². The summed E-state index contributed by atoms with van der Waals surface area (Å²) in [6.45, 7) is 0.968. The molecule has 0 aromatic heterocycles. The second-order valence-corrected chi connectivity index (χ2v) is 2.77. The average Bonchev–Trinajstić information content (AvgIpc) is 2.00. The Balaban J connectivity index is 4.76. The number of hydrogen-bond acceptors (Lipinski definition) is 1. The highest BCUT2D eigenvalue weighted by molar-refractivity contribution is 5.68. The van der Waals surface area contributed by atoms with E-state index in [1.165, 1.54) is 0 Å². The third-order valence-electron chi connectivity index (χ3n) is 1.61. The largest absolute Gasteiger partial charge is 0.481 e. The van der Waals surface area contributed by atoms with Crippen LogP contribution < -0.4 is 0 Å². The van der Waals surface area contributed by atoms with Gasteiger partial charge in [0.25, 0.3) is 0 Å². The highest BCUT2D eigenvalue weighted by atomic mass is 19.3. The number of carboxylic acid groups (broad SMARTS) is 1. The first-order valence-electron chi connectivity index (χ1n) is 3.76. The second-order valence-electron chi connectivity index (χ2n) is 2.77. The first kappa shape index (κ1) is 13.1. The molecule has 1 unspecified atom stereocenters. The molecule has 0 saturated carbocycles. The smallest absolute Gasteiger partial charge is 0.341 e. The van der Waals surface area contributed by atoms with Gasteiger partial charge in [0, 0.05) is 0 Å². The molecule has 0 aromatic carbocycles. The van der Waals surface area contributed by atoms with E-state index in [0.29, 0.717) is 0 Å². The van der Waals surface area contributed by atoms with E-state index in [1.54, 1.807) is 0 Å². The fraction of sp³-hybridized carbons (Fsp3) is 0.857. The van der Waals surface area contributed by atoms with Crippen molar-refractivity contribution in [3.8, 4) is 0 Å². The number of alkyl halides is 5. The Morgan fingerprint density at radius 3 is 2.07 bits per heavy atom. The third-order valence-corrected chi connectivity index (χ3v) is 1.61. The van der Waals surface area contributed by atoms with Crippen LogP contribution in [0.1, 0.15) is 19.8 Å². The number of carboxylic acids is 1. The monoisotopic (exact) mass is 220 g/mol. The van der Waals surface area contributed by atoms with E-state index in [1.807, 2.05) is 0 Å². The van der Waals surface area contributed by atoms with E-state index in [4.69, 9.17) is 5.11 Å². The molecule has 0 spiro atoms. The van der Waals surface area contributed by atoms with Crippen LogP contribution in [0.3, 0.4) is 0 Å². The molecule has 0 fully saturated rings. The summed E-state index contributed by atoms with van der Waals surface area (Å²) in [6, 6.07) is 0. The summed E-state index contributed by atoms with van der Waals surface area (Å²) in [6.07, 6.45) is -5.93. The van der Waals surface area contributed by atoms with E-state index < -0.39 is 36.8 Å².